The van der Waals surface area contributed by atoms with Crippen molar-refractivity contribution < 1.29 is 13.9 Å². The summed E-state index contributed by atoms with van der Waals surface area (Å²) in [5.74, 6) is -0.547. The molecule has 0 spiro atoms. The van der Waals surface area contributed by atoms with Crippen LogP contribution in [0.3, 0.4) is 0 Å². The van der Waals surface area contributed by atoms with Crippen molar-refractivity contribution in [3.8, 4) is 27.4 Å². The van der Waals surface area contributed by atoms with Gasteiger partial charge in [-0.2, -0.15) is 5.10 Å². The van der Waals surface area contributed by atoms with Crippen molar-refractivity contribution >= 4 is 16.5 Å². The highest BCUT2D eigenvalue weighted by atomic mass is 32.1. The number of anilines is 1. The molecule has 1 saturated carbocycles. The molecule has 1 aromatic carbocycles. The molecule has 2 N–H and O–H groups in total. The van der Waals surface area contributed by atoms with Crippen molar-refractivity contribution in [2.45, 2.75) is 62.4 Å². The minimum Gasteiger partial charge on any atom is -0.507 e. The van der Waals surface area contributed by atoms with Crippen molar-refractivity contribution in [3.63, 3.8) is 0 Å². The second kappa shape index (κ2) is 7.48. The van der Waals surface area contributed by atoms with Crippen molar-refractivity contribution in [2.75, 3.05) is 4.90 Å². The summed E-state index contributed by atoms with van der Waals surface area (Å²) in [6.07, 6.45) is 6.95. The van der Waals surface area contributed by atoms with Crippen molar-refractivity contribution in [1.82, 2.24) is 25.3 Å². The first-order valence-electron chi connectivity index (χ1n) is 11.0. The van der Waals surface area contributed by atoms with Gasteiger partial charge in [-0.05, 0) is 44.2 Å². The van der Waals surface area contributed by atoms with E-state index in [0.29, 0.717) is 21.7 Å². The van der Waals surface area contributed by atoms with Gasteiger partial charge >= 0.3 is 0 Å². The van der Waals surface area contributed by atoms with Gasteiger partial charge in [0, 0.05) is 42.5 Å². The Balaban J connectivity index is 1.32. The molecule has 0 amide bonds. The van der Waals surface area contributed by atoms with E-state index in [1.807, 2.05) is 0 Å². The van der Waals surface area contributed by atoms with Gasteiger partial charge in [-0.3, -0.25) is 4.68 Å². The summed E-state index contributed by atoms with van der Waals surface area (Å²) >= 11 is 1.28. The lowest BCUT2D eigenvalue weighted by atomic mass is 9.96. The van der Waals surface area contributed by atoms with Crippen LogP contribution >= 0.6 is 11.3 Å². The number of phenolic OH excluding ortho intramolecular Hbond substituents is 1. The van der Waals surface area contributed by atoms with Gasteiger partial charge in [-0.1, -0.05) is 11.3 Å². The van der Waals surface area contributed by atoms with Gasteiger partial charge in [0.2, 0.25) is 5.13 Å². The Labute approximate surface area is 188 Å². The number of phenols is 1. The number of rotatable bonds is 5. The molecule has 4 atom stereocenters. The molecular formula is C22H24F2N6OS. The van der Waals surface area contributed by atoms with E-state index < -0.39 is 12.0 Å². The zero-order valence-corrected chi connectivity index (χ0v) is 18.4. The molecule has 1 aliphatic carbocycles. The number of benzene rings is 1. The molecule has 168 valence electrons. The molecule has 7 nitrogen and oxygen atoms in total. The van der Waals surface area contributed by atoms with E-state index in [2.05, 4.69) is 25.5 Å². The van der Waals surface area contributed by atoms with Gasteiger partial charge in [0.15, 0.2) is 5.01 Å². The second-order valence-electron chi connectivity index (χ2n) is 9.08. The molecular weight excluding hydrogens is 434 g/mol. The molecule has 6 rings (SSSR count). The van der Waals surface area contributed by atoms with Crippen LogP contribution in [0.25, 0.3) is 21.7 Å². The van der Waals surface area contributed by atoms with Crippen LogP contribution < -0.4 is 10.2 Å². The maximum Gasteiger partial charge on any atom is 0.209 e. The SMILES string of the molecule is Cn1cc(-c2cc(O)c(-c3nnc(N(C4CC4)C4CC5CCC(N5)C4F)s3)cc2F)cn1. The summed E-state index contributed by atoms with van der Waals surface area (Å²) in [6.45, 7) is 0. The zero-order chi connectivity index (χ0) is 22.0. The number of nitrogens with one attached hydrogen (secondary N) is 1. The van der Waals surface area contributed by atoms with E-state index >= 15 is 4.39 Å². The van der Waals surface area contributed by atoms with Crippen LogP contribution in [-0.2, 0) is 7.05 Å². The van der Waals surface area contributed by atoms with Gasteiger partial charge in [-0.15, -0.1) is 10.2 Å². The number of alkyl halides is 1. The Morgan fingerprint density at radius 1 is 1.19 bits per heavy atom. The fraction of sp³-hybridized carbons (Fsp3) is 0.500. The summed E-state index contributed by atoms with van der Waals surface area (Å²) in [5, 5.41) is 27.8. The second-order valence-corrected chi connectivity index (χ2v) is 10.0. The van der Waals surface area contributed by atoms with Crippen LogP contribution in [0.5, 0.6) is 5.75 Å². The van der Waals surface area contributed by atoms with Gasteiger partial charge < -0.3 is 15.3 Å². The summed E-state index contributed by atoms with van der Waals surface area (Å²) in [5.41, 5.74) is 1.14. The average Bonchev–Trinajstić information content (AvgIpc) is 3.15. The number of halogens is 2. The summed E-state index contributed by atoms with van der Waals surface area (Å²) in [4.78, 5) is 2.11. The number of hydrogen-bond acceptors (Lipinski definition) is 7. The fourth-order valence-corrected chi connectivity index (χ4v) is 6.11. The minimum absolute atomic E-state index is 0.0748. The third kappa shape index (κ3) is 3.36. The van der Waals surface area contributed by atoms with Gasteiger partial charge in [0.05, 0.1) is 17.8 Å². The van der Waals surface area contributed by atoms with Crippen molar-refractivity contribution in [1.29, 1.82) is 0 Å². The molecule has 0 radical (unpaired) electrons. The highest BCUT2D eigenvalue weighted by Gasteiger charge is 2.48. The fourth-order valence-electron chi connectivity index (χ4n) is 5.11. The molecule has 2 aromatic heterocycles. The average molecular weight is 459 g/mol. The standard InChI is InChI=1S/C22H24F2N6OS/c1-29-10-11(9-25-29)14-8-19(31)15(7-16(14)23)21-27-28-22(32-21)30(13-3-4-13)18-6-12-2-5-17(26-12)20(18)24/h7-10,12-13,17-18,20,26,31H,2-6H2,1H3. The number of aryl methyl sites for hydroxylation is 1. The Kier molecular flexibility index (Phi) is 4.69. The summed E-state index contributed by atoms with van der Waals surface area (Å²) in [7, 11) is 1.75. The van der Waals surface area contributed by atoms with Crippen LogP contribution in [-0.4, -0.2) is 55.4 Å². The quantitative estimate of drug-likeness (QED) is 0.608. The lowest BCUT2D eigenvalue weighted by Gasteiger charge is -2.40. The molecule has 4 unspecified atom stereocenters. The van der Waals surface area contributed by atoms with E-state index in [1.54, 1.807) is 24.1 Å². The van der Waals surface area contributed by atoms with E-state index in [1.165, 1.54) is 23.5 Å². The maximum absolute atomic E-state index is 15.3. The first-order valence-corrected chi connectivity index (χ1v) is 11.8. The van der Waals surface area contributed by atoms with Crippen molar-refractivity contribution in [2.24, 2.45) is 7.05 Å². The van der Waals surface area contributed by atoms with Crippen LogP contribution in [0.15, 0.2) is 24.5 Å². The normalized spacial score (nSPS) is 27.1. The summed E-state index contributed by atoms with van der Waals surface area (Å²) < 4.78 is 31.7. The molecule has 2 saturated heterocycles. The highest BCUT2D eigenvalue weighted by molar-refractivity contribution is 7.18. The predicted molar refractivity (Wildman–Crippen MR) is 118 cm³/mol. The van der Waals surface area contributed by atoms with Crippen LogP contribution in [0.2, 0.25) is 0 Å². The lowest BCUT2D eigenvalue weighted by molar-refractivity contribution is 0.172. The predicted octanol–water partition coefficient (Wildman–Crippen LogP) is 3.65. The molecule has 3 fully saturated rings. The topological polar surface area (TPSA) is 79.1 Å². The molecule has 2 bridgehead atoms. The Bertz CT molecular complexity index is 1160. The first-order chi connectivity index (χ1) is 15.5. The van der Waals surface area contributed by atoms with Gasteiger partial charge in [0.25, 0.3) is 0 Å². The van der Waals surface area contributed by atoms with Gasteiger partial charge in [-0.25, -0.2) is 8.78 Å². The molecule has 2 aliphatic heterocycles. The third-order valence-corrected chi connectivity index (χ3v) is 7.79. The van der Waals surface area contributed by atoms with Crippen LogP contribution in [0.1, 0.15) is 32.1 Å². The number of fused-ring (bicyclic) bond motifs is 2. The maximum atomic E-state index is 15.3. The lowest BCUT2D eigenvalue weighted by Crippen LogP contribution is -2.57. The van der Waals surface area contributed by atoms with E-state index in [4.69, 9.17) is 0 Å². The third-order valence-electron chi connectivity index (χ3n) is 6.82. The van der Waals surface area contributed by atoms with Gasteiger partial charge in [0.1, 0.15) is 17.7 Å². The largest absolute Gasteiger partial charge is 0.507 e. The number of hydrogen-bond donors (Lipinski definition) is 2. The first kappa shape index (κ1) is 20.0. The minimum atomic E-state index is -0.952. The monoisotopic (exact) mass is 458 g/mol. The van der Waals surface area contributed by atoms with Crippen LogP contribution in [0.4, 0.5) is 13.9 Å². The Morgan fingerprint density at radius 2 is 2.03 bits per heavy atom. The molecule has 3 aliphatic rings. The smallest absolute Gasteiger partial charge is 0.209 e. The van der Waals surface area contributed by atoms with Crippen molar-refractivity contribution in [3.05, 3.63) is 30.3 Å². The molecule has 4 heterocycles. The molecule has 3 aromatic rings. The number of nitrogens with zero attached hydrogens (tertiary/aromatic N) is 5. The van der Waals surface area contributed by atoms with E-state index in [9.17, 15) is 9.50 Å². The number of aromatic hydroxyl groups is 1. The Morgan fingerprint density at radius 3 is 2.78 bits per heavy atom. The number of piperidine rings is 1. The molecule has 10 heteroatoms. The Hall–Kier alpha value is -2.59. The molecule has 32 heavy (non-hydrogen) atoms. The zero-order valence-electron chi connectivity index (χ0n) is 17.6. The van der Waals surface area contributed by atoms with Crippen LogP contribution in [0, 0.1) is 5.82 Å². The van der Waals surface area contributed by atoms with E-state index in [0.717, 1.165) is 32.1 Å². The highest BCUT2D eigenvalue weighted by Crippen LogP contribution is 2.44. The van der Waals surface area contributed by atoms with E-state index in [-0.39, 0.29) is 35.0 Å². The summed E-state index contributed by atoms with van der Waals surface area (Å²) in [6, 6.07) is 2.99. The number of aromatic nitrogens is 4.